The topological polar surface area (TPSA) is 86.7 Å². The van der Waals surface area contributed by atoms with E-state index in [1.54, 1.807) is 46.1 Å². The van der Waals surface area contributed by atoms with E-state index in [2.05, 4.69) is 5.32 Å². The molecule has 1 atom stereocenters. The van der Waals surface area contributed by atoms with Crippen molar-refractivity contribution >= 4 is 17.8 Å². The van der Waals surface area contributed by atoms with Gasteiger partial charge >= 0.3 is 5.97 Å². The number of benzene rings is 1. The van der Waals surface area contributed by atoms with E-state index in [1.165, 1.54) is 11.0 Å². The van der Waals surface area contributed by atoms with Gasteiger partial charge < -0.3 is 15.3 Å². The first-order valence-corrected chi connectivity index (χ1v) is 6.59. The van der Waals surface area contributed by atoms with Gasteiger partial charge in [0.25, 0.3) is 11.8 Å². The van der Waals surface area contributed by atoms with Crippen molar-refractivity contribution in [1.29, 1.82) is 0 Å². The maximum Gasteiger partial charge on any atom is 0.326 e. The molecule has 0 spiro atoms. The van der Waals surface area contributed by atoms with Crippen LogP contribution in [0, 0.1) is 5.92 Å². The molecule has 0 aromatic heterocycles. The molecule has 114 valence electrons. The van der Waals surface area contributed by atoms with Crippen molar-refractivity contribution in [3.05, 3.63) is 35.4 Å². The minimum atomic E-state index is -1.08. The summed E-state index contributed by atoms with van der Waals surface area (Å²) in [6, 6.07) is 5.23. The summed E-state index contributed by atoms with van der Waals surface area (Å²) in [7, 11) is 3.24. The Kier molecular flexibility index (Phi) is 5.46. The van der Waals surface area contributed by atoms with E-state index in [0.717, 1.165) is 0 Å². The number of amides is 2. The molecule has 21 heavy (non-hydrogen) atoms. The Morgan fingerprint density at radius 1 is 1.14 bits per heavy atom. The zero-order chi connectivity index (χ0) is 16.2. The van der Waals surface area contributed by atoms with Crippen molar-refractivity contribution in [2.24, 2.45) is 5.92 Å². The van der Waals surface area contributed by atoms with Gasteiger partial charge in [-0.05, 0) is 24.1 Å². The van der Waals surface area contributed by atoms with Gasteiger partial charge in [0.2, 0.25) is 0 Å². The molecule has 6 heteroatoms. The molecule has 0 aliphatic carbocycles. The Labute approximate surface area is 123 Å². The quantitative estimate of drug-likeness (QED) is 0.854. The first-order valence-electron chi connectivity index (χ1n) is 6.59. The highest BCUT2D eigenvalue weighted by Crippen LogP contribution is 2.09. The fourth-order valence-electron chi connectivity index (χ4n) is 1.79. The van der Waals surface area contributed by atoms with E-state index in [0.29, 0.717) is 5.56 Å². The van der Waals surface area contributed by atoms with Crippen LogP contribution in [0.2, 0.25) is 0 Å². The molecule has 0 heterocycles. The van der Waals surface area contributed by atoms with Crippen LogP contribution in [0.1, 0.15) is 34.6 Å². The third kappa shape index (κ3) is 4.30. The lowest BCUT2D eigenvalue weighted by Gasteiger charge is -2.18. The second-order valence-electron chi connectivity index (χ2n) is 5.31. The first-order chi connectivity index (χ1) is 9.73. The highest BCUT2D eigenvalue weighted by atomic mass is 16.4. The Morgan fingerprint density at radius 3 is 2.19 bits per heavy atom. The van der Waals surface area contributed by atoms with E-state index in [1.807, 2.05) is 0 Å². The zero-order valence-corrected chi connectivity index (χ0v) is 12.6. The van der Waals surface area contributed by atoms with Crippen molar-refractivity contribution in [3.8, 4) is 0 Å². The van der Waals surface area contributed by atoms with Gasteiger partial charge in [0, 0.05) is 25.2 Å². The number of nitrogens with zero attached hydrogens (tertiary/aromatic N) is 1. The minimum Gasteiger partial charge on any atom is -0.480 e. The van der Waals surface area contributed by atoms with Gasteiger partial charge in [-0.15, -0.1) is 0 Å². The number of aliphatic carboxylic acids is 1. The number of hydrogen-bond donors (Lipinski definition) is 2. The molecule has 0 aliphatic heterocycles. The highest BCUT2D eigenvalue weighted by Gasteiger charge is 2.24. The summed E-state index contributed by atoms with van der Waals surface area (Å²) in [5, 5.41) is 11.5. The van der Waals surface area contributed by atoms with Crippen molar-refractivity contribution < 1.29 is 19.5 Å². The van der Waals surface area contributed by atoms with E-state index in [9.17, 15) is 14.4 Å². The van der Waals surface area contributed by atoms with Gasteiger partial charge in [-0.2, -0.15) is 0 Å². The Hall–Kier alpha value is -2.37. The van der Waals surface area contributed by atoms with Crippen LogP contribution >= 0.6 is 0 Å². The number of nitrogens with one attached hydrogen (secondary N) is 1. The maximum absolute atomic E-state index is 12.1. The lowest BCUT2D eigenvalue weighted by molar-refractivity contribution is -0.140. The summed E-state index contributed by atoms with van der Waals surface area (Å²) in [5.74, 6) is -2.05. The molecule has 6 nitrogen and oxygen atoms in total. The van der Waals surface area contributed by atoms with Gasteiger partial charge in [0.05, 0.1) is 0 Å². The lowest BCUT2D eigenvalue weighted by atomic mass is 10.0. The molecule has 1 aromatic rings. The third-order valence-corrected chi connectivity index (χ3v) is 3.00. The molecular formula is C15H20N2O4. The molecule has 1 aromatic carbocycles. The fraction of sp³-hybridized carbons (Fsp3) is 0.400. The van der Waals surface area contributed by atoms with Gasteiger partial charge in [0.15, 0.2) is 0 Å². The van der Waals surface area contributed by atoms with Crippen molar-refractivity contribution in [3.63, 3.8) is 0 Å². The van der Waals surface area contributed by atoms with Crippen LogP contribution in [0.3, 0.4) is 0 Å². The number of carbonyl (C=O) groups excluding carboxylic acids is 2. The van der Waals surface area contributed by atoms with E-state index < -0.39 is 17.9 Å². The monoisotopic (exact) mass is 292 g/mol. The van der Waals surface area contributed by atoms with Gasteiger partial charge in [-0.3, -0.25) is 9.59 Å². The average Bonchev–Trinajstić information content (AvgIpc) is 2.42. The number of rotatable bonds is 5. The normalized spacial score (nSPS) is 11.9. The number of hydrogen-bond acceptors (Lipinski definition) is 3. The predicted octanol–water partition coefficient (Wildman–Crippen LogP) is 1.23. The molecule has 0 fully saturated rings. The second kappa shape index (κ2) is 6.88. The smallest absolute Gasteiger partial charge is 0.326 e. The summed E-state index contributed by atoms with van der Waals surface area (Å²) in [6.07, 6.45) is 0. The lowest BCUT2D eigenvalue weighted by Crippen LogP contribution is -2.44. The zero-order valence-electron chi connectivity index (χ0n) is 12.6. The Bertz CT molecular complexity index is 552. The van der Waals surface area contributed by atoms with Crippen LogP contribution < -0.4 is 5.32 Å². The standard InChI is InChI=1S/C15H20N2O4/c1-9(2)12(15(20)21)16-13(18)10-6-5-7-11(8-10)14(19)17(3)4/h5-9,12H,1-4H3,(H,16,18)(H,20,21)/t12-/m0/s1. The molecule has 0 bridgehead atoms. The Balaban J connectivity index is 2.95. The summed E-state index contributed by atoms with van der Waals surface area (Å²) in [6.45, 7) is 3.43. The molecule has 1 rings (SSSR count). The van der Waals surface area contributed by atoms with E-state index in [-0.39, 0.29) is 17.4 Å². The first kappa shape index (κ1) is 16.7. The van der Waals surface area contributed by atoms with Gasteiger partial charge in [0.1, 0.15) is 6.04 Å². The molecule has 2 N–H and O–H groups in total. The predicted molar refractivity (Wildman–Crippen MR) is 78.2 cm³/mol. The van der Waals surface area contributed by atoms with E-state index in [4.69, 9.17) is 5.11 Å². The van der Waals surface area contributed by atoms with Gasteiger partial charge in [-0.25, -0.2) is 4.79 Å². The van der Waals surface area contributed by atoms with Crippen molar-refractivity contribution in [2.75, 3.05) is 14.1 Å². The summed E-state index contributed by atoms with van der Waals surface area (Å²) in [4.78, 5) is 36.5. The number of carboxylic acid groups (broad SMARTS) is 1. The second-order valence-corrected chi connectivity index (χ2v) is 5.31. The van der Waals surface area contributed by atoms with Crippen molar-refractivity contribution in [1.82, 2.24) is 10.2 Å². The van der Waals surface area contributed by atoms with Crippen LogP contribution in [0.25, 0.3) is 0 Å². The van der Waals surface area contributed by atoms with E-state index >= 15 is 0 Å². The summed E-state index contributed by atoms with van der Waals surface area (Å²) >= 11 is 0. The SMILES string of the molecule is CC(C)[C@H](NC(=O)c1cccc(C(=O)N(C)C)c1)C(=O)O. The molecule has 0 radical (unpaired) electrons. The fourth-order valence-corrected chi connectivity index (χ4v) is 1.79. The highest BCUT2D eigenvalue weighted by molar-refractivity contribution is 6.00. The summed E-state index contributed by atoms with van der Waals surface area (Å²) < 4.78 is 0. The maximum atomic E-state index is 12.1. The van der Waals surface area contributed by atoms with Crippen LogP contribution in [0.15, 0.2) is 24.3 Å². The number of carbonyl (C=O) groups is 3. The molecule has 0 unspecified atom stereocenters. The van der Waals surface area contributed by atoms with Crippen LogP contribution in [-0.4, -0.2) is 47.9 Å². The molecule has 0 saturated carbocycles. The molecular weight excluding hydrogens is 272 g/mol. The molecule has 0 aliphatic rings. The van der Waals surface area contributed by atoms with Gasteiger partial charge in [-0.1, -0.05) is 19.9 Å². The molecule has 2 amide bonds. The van der Waals surface area contributed by atoms with Crippen LogP contribution in [0.5, 0.6) is 0 Å². The van der Waals surface area contributed by atoms with Crippen LogP contribution in [-0.2, 0) is 4.79 Å². The summed E-state index contributed by atoms with van der Waals surface area (Å²) in [5.41, 5.74) is 0.638. The number of carboxylic acids is 1. The van der Waals surface area contributed by atoms with Crippen molar-refractivity contribution in [2.45, 2.75) is 19.9 Å². The minimum absolute atomic E-state index is 0.219. The average molecular weight is 292 g/mol. The van der Waals surface area contributed by atoms with Crippen LogP contribution in [0.4, 0.5) is 0 Å². The Morgan fingerprint density at radius 2 is 1.71 bits per heavy atom. The third-order valence-electron chi connectivity index (χ3n) is 3.00. The largest absolute Gasteiger partial charge is 0.480 e. The molecule has 0 saturated heterocycles.